The van der Waals surface area contributed by atoms with Crippen molar-refractivity contribution < 1.29 is 19.2 Å². The van der Waals surface area contributed by atoms with Crippen molar-refractivity contribution in [3.63, 3.8) is 0 Å². The second-order valence-electron chi connectivity index (χ2n) is 5.32. The molecule has 0 fully saturated rings. The highest BCUT2D eigenvalue weighted by molar-refractivity contribution is 7.16. The summed E-state index contributed by atoms with van der Waals surface area (Å²) in [4.78, 5) is 27.4. The van der Waals surface area contributed by atoms with Gasteiger partial charge in [-0.25, -0.2) is 0 Å². The van der Waals surface area contributed by atoms with E-state index in [4.69, 9.17) is 9.47 Å². The molecule has 0 saturated heterocycles. The Morgan fingerprint density at radius 1 is 1.19 bits per heavy atom. The summed E-state index contributed by atoms with van der Waals surface area (Å²) < 4.78 is 13.3. The van der Waals surface area contributed by atoms with Crippen molar-refractivity contribution in [2.45, 2.75) is 0 Å². The number of carbonyl (C=O) groups excluding carboxylic acids is 1. The minimum atomic E-state index is -0.561. The van der Waals surface area contributed by atoms with Gasteiger partial charge >= 0.3 is 0 Å². The summed E-state index contributed by atoms with van der Waals surface area (Å²) in [6, 6.07) is 9.04. The zero-order valence-corrected chi connectivity index (χ0v) is 15.1. The fourth-order valence-electron chi connectivity index (χ4n) is 2.53. The van der Waals surface area contributed by atoms with Crippen LogP contribution in [0.1, 0.15) is 10.4 Å². The van der Waals surface area contributed by atoms with Crippen molar-refractivity contribution in [2.24, 2.45) is 12.0 Å². The first-order valence-corrected chi connectivity index (χ1v) is 8.32. The average Bonchev–Trinajstić information content (AvgIpc) is 2.97. The van der Waals surface area contributed by atoms with Gasteiger partial charge in [-0.1, -0.05) is 17.4 Å². The van der Waals surface area contributed by atoms with E-state index < -0.39 is 10.8 Å². The number of thiazole rings is 1. The zero-order chi connectivity index (χ0) is 18.8. The third-order valence-corrected chi connectivity index (χ3v) is 4.96. The number of aromatic nitrogens is 1. The fraction of sp³-hybridized carbons (Fsp3) is 0.176. The monoisotopic (exact) mass is 373 g/mol. The second-order valence-corrected chi connectivity index (χ2v) is 6.29. The molecule has 134 valence electrons. The summed E-state index contributed by atoms with van der Waals surface area (Å²) >= 11 is 1.27. The smallest absolute Gasteiger partial charge is 0.279 e. The molecule has 1 heterocycles. The van der Waals surface area contributed by atoms with Crippen molar-refractivity contribution in [1.29, 1.82) is 0 Å². The quantitative estimate of drug-likeness (QED) is 0.517. The Labute approximate surface area is 152 Å². The lowest BCUT2D eigenvalue weighted by molar-refractivity contribution is -0.384. The second kappa shape index (κ2) is 6.96. The van der Waals surface area contributed by atoms with Gasteiger partial charge in [0.25, 0.3) is 11.6 Å². The molecule has 0 saturated carbocycles. The molecule has 8 nitrogen and oxygen atoms in total. The number of aryl methyl sites for hydroxylation is 1. The number of nitrogens with zero attached hydrogens (tertiary/aromatic N) is 3. The van der Waals surface area contributed by atoms with E-state index in [2.05, 4.69) is 4.99 Å². The van der Waals surface area contributed by atoms with Crippen LogP contribution in [0, 0.1) is 10.1 Å². The molecular weight excluding hydrogens is 358 g/mol. The van der Waals surface area contributed by atoms with Crippen LogP contribution in [0.5, 0.6) is 11.5 Å². The number of hydrogen-bond acceptors (Lipinski definition) is 6. The van der Waals surface area contributed by atoms with E-state index in [1.54, 1.807) is 38.0 Å². The molecule has 0 atom stereocenters. The van der Waals surface area contributed by atoms with Gasteiger partial charge in [-0.3, -0.25) is 14.9 Å². The first-order valence-electron chi connectivity index (χ1n) is 7.50. The topological polar surface area (TPSA) is 96.0 Å². The Balaban J connectivity index is 2.16. The third-order valence-electron chi connectivity index (χ3n) is 3.81. The van der Waals surface area contributed by atoms with Crippen molar-refractivity contribution in [1.82, 2.24) is 4.57 Å². The normalized spacial score (nSPS) is 11.6. The molecular formula is C17H15N3O5S. The van der Waals surface area contributed by atoms with Crippen LogP contribution in [0.3, 0.4) is 0 Å². The molecule has 0 unspecified atom stereocenters. The molecule has 0 radical (unpaired) electrons. The van der Waals surface area contributed by atoms with Crippen molar-refractivity contribution in [3.05, 3.63) is 56.9 Å². The maximum Gasteiger partial charge on any atom is 0.279 e. The molecule has 0 spiro atoms. The Morgan fingerprint density at radius 2 is 1.88 bits per heavy atom. The number of non-ortho nitro benzene ring substituents is 1. The van der Waals surface area contributed by atoms with Gasteiger partial charge < -0.3 is 14.0 Å². The Hall–Kier alpha value is -3.20. The van der Waals surface area contributed by atoms with E-state index in [-0.39, 0.29) is 11.3 Å². The largest absolute Gasteiger partial charge is 0.495 e. The van der Waals surface area contributed by atoms with Crippen LogP contribution in [0.4, 0.5) is 5.69 Å². The number of nitro groups is 1. The predicted molar refractivity (Wildman–Crippen MR) is 96.9 cm³/mol. The number of benzene rings is 2. The molecule has 1 aromatic heterocycles. The van der Waals surface area contributed by atoms with E-state index >= 15 is 0 Å². The third kappa shape index (κ3) is 3.04. The van der Waals surface area contributed by atoms with Crippen molar-refractivity contribution in [2.75, 3.05) is 14.2 Å². The van der Waals surface area contributed by atoms with E-state index in [0.29, 0.717) is 16.3 Å². The average molecular weight is 373 g/mol. The van der Waals surface area contributed by atoms with Crippen LogP contribution < -0.4 is 14.3 Å². The first-order chi connectivity index (χ1) is 12.5. The van der Waals surface area contributed by atoms with Crippen LogP contribution >= 0.6 is 11.3 Å². The summed E-state index contributed by atoms with van der Waals surface area (Å²) in [6.07, 6.45) is 0. The number of rotatable bonds is 4. The number of ether oxygens (including phenoxy) is 2. The Bertz CT molecular complexity index is 1080. The molecule has 26 heavy (non-hydrogen) atoms. The molecule has 0 aliphatic heterocycles. The highest BCUT2D eigenvalue weighted by atomic mass is 32.1. The van der Waals surface area contributed by atoms with Crippen LogP contribution in [-0.4, -0.2) is 29.6 Å². The van der Waals surface area contributed by atoms with Gasteiger partial charge in [-0.2, -0.15) is 4.99 Å². The van der Waals surface area contributed by atoms with Gasteiger partial charge in [-0.15, -0.1) is 0 Å². The predicted octanol–water partition coefficient (Wildman–Crippen LogP) is 2.91. The Kier molecular flexibility index (Phi) is 4.72. The maximum atomic E-state index is 12.5. The van der Waals surface area contributed by atoms with Crippen molar-refractivity contribution >= 4 is 33.1 Å². The highest BCUT2D eigenvalue weighted by Gasteiger charge is 2.15. The molecule has 1 amide bonds. The summed E-state index contributed by atoms with van der Waals surface area (Å²) in [5.74, 6) is 0.711. The number of nitro benzene ring substituents is 1. The molecule has 3 aromatic rings. The fourth-order valence-corrected chi connectivity index (χ4v) is 3.66. The number of amides is 1. The van der Waals surface area contributed by atoms with Crippen LogP contribution in [0.25, 0.3) is 10.2 Å². The van der Waals surface area contributed by atoms with Crippen molar-refractivity contribution in [3.8, 4) is 11.5 Å². The molecule has 9 heteroatoms. The number of hydrogen-bond donors (Lipinski definition) is 0. The number of carbonyl (C=O) groups is 1. The molecule has 0 N–H and O–H groups in total. The molecule has 0 aliphatic carbocycles. The van der Waals surface area contributed by atoms with Crippen LogP contribution in [0.2, 0.25) is 0 Å². The van der Waals surface area contributed by atoms with E-state index in [9.17, 15) is 14.9 Å². The van der Waals surface area contributed by atoms with E-state index in [0.717, 1.165) is 10.2 Å². The van der Waals surface area contributed by atoms with Gasteiger partial charge in [0, 0.05) is 24.7 Å². The van der Waals surface area contributed by atoms with Crippen LogP contribution in [0.15, 0.2) is 41.4 Å². The standard InChI is InChI=1S/C17H15N3O5S/c1-19-14-12(24-2)7-8-13(25-3)15(14)26-17(19)18-16(21)10-5-4-6-11(9-10)20(22)23/h4-9H,1-3H3. The van der Waals surface area contributed by atoms with Gasteiger partial charge in [0.1, 0.15) is 21.7 Å². The first kappa shape index (κ1) is 17.6. The lowest BCUT2D eigenvalue weighted by atomic mass is 10.2. The molecule has 2 aromatic carbocycles. The summed E-state index contributed by atoms with van der Waals surface area (Å²) in [5.41, 5.74) is 0.744. The van der Waals surface area contributed by atoms with E-state index in [1.807, 2.05) is 0 Å². The van der Waals surface area contributed by atoms with E-state index in [1.165, 1.54) is 35.6 Å². The summed E-state index contributed by atoms with van der Waals surface area (Å²) in [7, 11) is 4.89. The SMILES string of the molecule is COc1ccc(OC)c2c1sc(=NC(=O)c1cccc([N+](=O)[O-])c1)n2C. The minimum absolute atomic E-state index is 0.149. The highest BCUT2D eigenvalue weighted by Crippen LogP contribution is 2.34. The summed E-state index contributed by atoms with van der Waals surface area (Å²) in [6.45, 7) is 0. The summed E-state index contributed by atoms with van der Waals surface area (Å²) in [5, 5.41) is 10.9. The molecule has 3 rings (SSSR count). The molecule has 0 aliphatic rings. The van der Waals surface area contributed by atoms with Crippen LogP contribution in [-0.2, 0) is 7.05 Å². The maximum absolute atomic E-state index is 12.5. The number of fused-ring (bicyclic) bond motifs is 1. The minimum Gasteiger partial charge on any atom is -0.495 e. The molecule has 0 bridgehead atoms. The lowest BCUT2D eigenvalue weighted by Crippen LogP contribution is -2.13. The van der Waals surface area contributed by atoms with Gasteiger partial charge in [0.15, 0.2) is 4.80 Å². The van der Waals surface area contributed by atoms with Gasteiger partial charge in [0.05, 0.1) is 19.1 Å². The number of methoxy groups -OCH3 is 2. The zero-order valence-electron chi connectivity index (χ0n) is 14.3. The van der Waals surface area contributed by atoms with Gasteiger partial charge in [0.2, 0.25) is 0 Å². The Morgan fingerprint density at radius 3 is 2.54 bits per heavy atom. The lowest BCUT2D eigenvalue weighted by Gasteiger charge is -2.06. The van der Waals surface area contributed by atoms with Gasteiger partial charge in [-0.05, 0) is 18.2 Å².